The highest BCUT2D eigenvalue weighted by molar-refractivity contribution is 7.13. The largest absolute Gasteiger partial charge is 0.348 e. The number of H-pyrrole nitrogens is 1. The van der Waals surface area contributed by atoms with Crippen LogP contribution in [0.2, 0.25) is 0 Å². The van der Waals surface area contributed by atoms with Crippen molar-refractivity contribution in [1.82, 2.24) is 15.0 Å². The first-order valence-corrected chi connectivity index (χ1v) is 6.42. The van der Waals surface area contributed by atoms with Gasteiger partial charge in [-0.05, 0) is 12.8 Å². The third-order valence-corrected chi connectivity index (χ3v) is 3.71. The molecule has 0 radical (unpaired) electrons. The van der Waals surface area contributed by atoms with Gasteiger partial charge in [-0.15, -0.1) is 11.3 Å². The molecule has 0 aliphatic heterocycles. The van der Waals surface area contributed by atoms with Crippen LogP contribution in [0.25, 0.3) is 0 Å². The highest BCUT2D eigenvalue weighted by atomic mass is 32.1. The monoisotopic (exact) mass is 248 g/mol. The van der Waals surface area contributed by atoms with Crippen LogP contribution in [0.3, 0.4) is 0 Å². The smallest absolute Gasteiger partial charge is 0.229 e. The van der Waals surface area contributed by atoms with Gasteiger partial charge in [0.15, 0.2) is 5.13 Å². The maximum Gasteiger partial charge on any atom is 0.229 e. The van der Waals surface area contributed by atoms with Crippen LogP contribution in [0, 0.1) is 5.92 Å². The van der Waals surface area contributed by atoms with E-state index in [0.29, 0.717) is 5.13 Å². The second-order valence-corrected chi connectivity index (χ2v) is 4.99. The quantitative estimate of drug-likeness (QED) is 0.848. The van der Waals surface area contributed by atoms with Crippen molar-refractivity contribution in [3.63, 3.8) is 0 Å². The van der Waals surface area contributed by atoms with Gasteiger partial charge in [-0.25, -0.2) is 9.97 Å². The van der Waals surface area contributed by atoms with Crippen molar-refractivity contribution in [3.05, 3.63) is 29.3 Å². The Labute approximate surface area is 102 Å². The van der Waals surface area contributed by atoms with Crippen molar-refractivity contribution < 1.29 is 4.79 Å². The number of imidazole rings is 1. The molecule has 2 heterocycles. The first-order valence-electron chi connectivity index (χ1n) is 5.54. The van der Waals surface area contributed by atoms with Crippen LogP contribution >= 0.6 is 11.3 Å². The minimum atomic E-state index is 0.0202. The average molecular weight is 248 g/mol. The summed E-state index contributed by atoms with van der Waals surface area (Å²) in [4.78, 5) is 23.4. The fourth-order valence-corrected chi connectivity index (χ4v) is 2.65. The molecule has 6 heteroatoms. The molecule has 0 saturated heterocycles. The molecule has 1 aliphatic carbocycles. The second-order valence-electron chi connectivity index (χ2n) is 4.09. The molecular weight excluding hydrogens is 236 g/mol. The Morgan fingerprint density at radius 1 is 1.53 bits per heavy atom. The van der Waals surface area contributed by atoms with E-state index in [-0.39, 0.29) is 11.8 Å². The lowest BCUT2D eigenvalue weighted by atomic mass is 9.89. The average Bonchev–Trinajstić information content (AvgIpc) is 2.97. The second kappa shape index (κ2) is 4.29. The number of aryl methyl sites for hydroxylation is 1. The van der Waals surface area contributed by atoms with Gasteiger partial charge >= 0.3 is 0 Å². The number of hydrogen-bond donors (Lipinski definition) is 2. The molecule has 3 rings (SSSR count). The summed E-state index contributed by atoms with van der Waals surface area (Å²) in [6, 6.07) is 0. The molecule has 5 nitrogen and oxygen atoms in total. The van der Waals surface area contributed by atoms with Crippen LogP contribution in [0.5, 0.6) is 0 Å². The van der Waals surface area contributed by atoms with Crippen LogP contribution in [0.1, 0.15) is 17.8 Å². The number of anilines is 1. The van der Waals surface area contributed by atoms with E-state index in [4.69, 9.17) is 0 Å². The number of aromatic nitrogens is 3. The van der Waals surface area contributed by atoms with Crippen molar-refractivity contribution in [2.24, 2.45) is 5.92 Å². The van der Waals surface area contributed by atoms with Gasteiger partial charge in [0.1, 0.15) is 0 Å². The number of carbonyl (C=O) groups is 1. The highest BCUT2D eigenvalue weighted by Crippen LogP contribution is 2.24. The minimum Gasteiger partial charge on any atom is -0.348 e. The molecule has 1 aliphatic rings. The zero-order valence-electron chi connectivity index (χ0n) is 9.14. The number of rotatable bonds is 2. The number of nitrogens with zero attached hydrogens (tertiary/aromatic N) is 2. The lowest BCUT2D eigenvalue weighted by Gasteiger charge is -2.19. The molecule has 0 aromatic carbocycles. The Bertz CT molecular complexity index is 519. The standard InChI is InChI=1S/C11H12N4OS/c16-10(15-11-12-3-4-17-11)7-1-2-8-9(5-7)14-6-13-8/h3-4,6-7H,1-2,5H2,(H,13,14)(H,12,15,16). The summed E-state index contributed by atoms with van der Waals surface area (Å²) in [6.07, 6.45) is 5.86. The van der Waals surface area contributed by atoms with E-state index in [9.17, 15) is 4.79 Å². The maximum absolute atomic E-state index is 12.0. The lowest BCUT2D eigenvalue weighted by molar-refractivity contribution is -0.120. The van der Waals surface area contributed by atoms with Gasteiger partial charge in [0, 0.05) is 29.6 Å². The summed E-state index contributed by atoms with van der Waals surface area (Å²) in [5.74, 6) is 0.0760. The predicted molar refractivity (Wildman–Crippen MR) is 64.8 cm³/mol. The lowest BCUT2D eigenvalue weighted by Crippen LogP contribution is -2.28. The third-order valence-electron chi connectivity index (χ3n) is 3.02. The van der Waals surface area contributed by atoms with Gasteiger partial charge in [-0.2, -0.15) is 0 Å². The van der Waals surface area contributed by atoms with E-state index in [1.165, 1.54) is 11.3 Å². The molecule has 2 aromatic heterocycles. The molecule has 1 unspecified atom stereocenters. The number of amides is 1. The topological polar surface area (TPSA) is 70.7 Å². The van der Waals surface area contributed by atoms with E-state index in [0.717, 1.165) is 30.7 Å². The Morgan fingerprint density at radius 2 is 2.47 bits per heavy atom. The van der Waals surface area contributed by atoms with Crippen LogP contribution in [-0.2, 0) is 17.6 Å². The summed E-state index contributed by atoms with van der Waals surface area (Å²) in [5.41, 5.74) is 2.19. The normalized spacial score (nSPS) is 18.7. The van der Waals surface area contributed by atoms with Crippen LogP contribution in [0.15, 0.2) is 17.9 Å². The van der Waals surface area contributed by atoms with Crippen LogP contribution < -0.4 is 5.32 Å². The van der Waals surface area contributed by atoms with Gasteiger partial charge < -0.3 is 10.3 Å². The number of carbonyl (C=O) groups excluding carboxylic acids is 1. The Morgan fingerprint density at radius 3 is 3.29 bits per heavy atom. The molecular formula is C11H12N4OS. The van der Waals surface area contributed by atoms with Crippen molar-refractivity contribution in [2.45, 2.75) is 19.3 Å². The van der Waals surface area contributed by atoms with E-state index in [1.807, 2.05) is 5.38 Å². The number of thiazole rings is 1. The zero-order valence-corrected chi connectivity index (χ0v) is 9.96. The summed E-state index contributed by atoms with van der Waals surface area (Å²) in [7, 11) is 0. The summed E-state index contributed by atoms with van der Waals surface area (Å²) < 4.78 is 0. The van der Waals surface area contributed by atoms with Crippen molar-refractivity contribution >= 4 is 22.4 Å². The Hall–Kier alpha value is -1.69. The van der Waals surface area contributed by atoms with E-state index in [1.54, 1.807) is 12.5 Å². The SMILES string of the molecule is O=C(Nc1nccs1)C1CCc2nc[nH]c2C1. The Balaban J connectivity index is 1.68. The molecule has 2 aromatic rings. The molecule has 0 saturated carbocycles. The molecule has 1 atom stereocenters. The first-order chi connectivity index (χ1) is 8.33. The van der Waals surface area contributed by atoms with Crippen molar-refractivity contribution in [1.29, 1.82) is 0 Å². The maximum atomic E-state index is 12.0. The molecule has 17 heavy (non-hydrogen) atoms. The van der Waals surface area contributed by atoms with Gasteiger partial charge in [0.05, 0.1) is 12.0 Å². The molecule has 88 valence electrons. The van der Waals surface area contributed by atoms with Crippen molar-refractivity contribution in [2.75, 3.05) is 5.32 Å². The minimum absolute atomic E-state index is 0.0202. The third kappa shape index (κ3) is 2.08. The number of aromatic amines is 1. The fraction of sp³-hybridized carbons (Fsp3) is 0.364. The fourth-order valence-electron chi connectivity index (χ4n) is 2.12. The molecule has 1 amide bonds. The van der Waals surface area contributed by atoms with E-state index in [2.05, 4.69) is 20.3 Å². The Kier molecular flexibility index (Phi) is 2.64. The zero-order chi connectivity index (χ0) is 11.7. The molecule has 0 spiro atoms. The number of fused-ring (bicyclic) bond motifs is 1. The van der Waals surface area contributed by atoms with E-state index < -0.39 is 0 Å². The summed E-state index contributed by atoms with van der Waals surface area (Å²) in [6.45, 7) is 0. The van der Waals surface area contributed by atoms with E-state index >= 15 is 0 Å². The van der Waals surface area contributed by atoms with Gasteiger partial charge in [0.25, 0.3) is 0 Å². The molecule has 0 bridgehead atoms. The van der Waals surface area contributed by atoms with Crippen LogP contribution in [-0.4, -0.2) is 20.9 Å². The predicted octanol–water partition coefficient (Wildman–Crippen LogP) is 1.61. The number of nitrogens with one attached hydrogen (secondary N) is 2. The summed E-state index contributed by atoms with van der Waals surface area (Å²) in [5, 5.41) is 5.37. The molecule has 2 N–H and O–H groups in total. The van der Waals surface area contributed by atoms with Gasteiger partial charge in [-0.1, -0.05) is 0 Å². The van der Waals surface area contributed by atoms with Crippen LogP contribution in [0.4, 0.5) is 5.13 Å². The first kappa shape index (κ1) is 10.5. The number of hydrogen-bond acceptors (Lipinski definition) is 4. The van der Waals surface area contributed by atoms with Crippen molar-refractivity contribution in [3.8, 4) is 0 Å². The van der Waals surface area contributed by atoms with Gasteiger partial charge in [0.2, 0.25) is 5.91 Å². The highest BCUT2D eigenvalue weighted by Gasteiger charge is 2.26. The molecule has 0 fully saturated rings. The summed E-state index contributed by atoms with van der Waals surface area (Å²) >= 11 is 1.44. The van der Waals surface area contributed by atoms with Gasteiger partial charge in [-0.3, -0.25) is 4.79 Å².